The van der Waals surface area contributed by atoms with Crippen molar-refractivity contribution in [1.29, 1.82) is 0 Å². The lowest BCUT2D eigenvalue weighted by atomic mass is 10.0. The molecule has 0 spiro atoms. The first-order valence-corrected chi connectivity index (χ1v) is 7.92. The molecule has 1 saturated carbocycles. The Kier molecular flexibility index (Phi) is 3.66. The van der Waals surface area contributed by atoms with Crippen LogP contribution in [0.15, 0.2) is 22.7 Å². The standard InChI is InChI=1S/C16H16F2N4O2/c17-13(18)15-21-14(22-24-15)9-1-5-11-8(7-9)2-6-12(11)20-16(23)19-10-3-4-10/h1,5,7,10,12-13H,2-4,6H2,(H2,19,20,23)/t12-/m1/s1. The molecule has 1 fully saturated rings. The second kappa shape index (κ2) is 5.85. The van der Waals surface area contributed by atoms with Crippen LogP contribution in [-0.4, -0.2) is 22.2 Å². The molecule has 2 aliphatic rings. The molecule has 0 aliphatic heterocycles. The predicted octanol–water partition coefficient (Wildman–Crippen LogP) is 3.12. The molecule has 2 aromatic rings. The molecule has 2 N–H and O–H groups in total. The molecule has 2 amide bonds. The van der Waals surface area contributed by atoms with Crippen molar-refractivity contribution < 1.29 is 18.1 Å². The minimum absolute atomic E-state index is 0.0327. The summed E-state index contributed by atoms with van der Waals surface area (Å²) in [6.45, 7) is 0. The Morgan fingerprint density at radius 1 is 1.25 bits per heavy atom. The van der Waals surface area contributed by atoms with E-state index in [1.54, 1.807) is 6.07 Å². The van der Waals surface area contributed by atoms with Gasteiger partial charge in [0.25, 0.3) is 5.89 Å². The van der Waals surface area contributed by atoms with Crippen LogP contribution in [-0.2, 0) is 6.42 Å². The molecule has 0 radical (unpaired) electrons. The van der Waals surface area contributed by atoms with Crippen LogP contribution in [0, 0.1) is 0 Å². The van der Waals surface area contributed by atoms with E-state index in [4.69, 9.17) is 0 Å². The topological polar surface area (TPSA) is 80.0 Å². The van der Waals surface area contributed by atoms with Crippen molar-refractivity contribution >= 4 is 6.03 Å². The Bertz CT molecular complexity index is 773. The quantitative estimate of drug-likeness (QED) is 0.900. The van der Waals surface area contributed by atoms with Gasteiger partial charge in [-0.25, -0.2) is 4.79 Å². The van der Waals surface area contributed by atoms with Gasteiger partial charge < -0.3 is 15.2 Å². The van der Waals surface area contributed by atoms with Crippen LogP contribution in [0.25, 0.3) is 11.4 Å². The summed E-state index contributed by atoms with van der Waals surface area (Å²) in [6, 6.07) is 5.66. The normalized spacial score (nSPS) is 19.4. The number of aryl methyl sites for hydroxylation is 1. The van der Waals surface area contributed by atoms with Crippen molar-refractivity contribution in [3.05, 3.63) is 35.2 Å². The van der Waals surface area contributed by atoms with Crippen molar-refractivity contribution in [1.82, 2.24) is 20.8 Å². The van der Waals surface area contributed by atoms with Crippen LogP contribution >= 0.6 is 0 Å². The van der Waals surface area contributed by atoms with Crippen LogP contribution in [0.2, 0.25) is 0 Å². The van der Waals surface area contributed by atoms with Gasteiger partial charge in [0.1, 0.15) is 0 Å². The van der Waals surface area contributed by atoms with Gasteiger partial charge in [-0.1, -0.05) is 17.3 Å². The molecule has 8 heteroatoms. The highest BCUT2D eigenvalue weighted by Crippen LogP contribution is 2.34. The van der Waals surface area contributed by atoms with Gasteiger partial charge in [-0.15, -0.1) is 0 Å². The smallest absolute Gasteiger partial charge is 0.315 e. The molecule has 1 aromatic heterocycles. The van der Waals surface area contributed by atoms with Gasteiger partial charge in [-0.05, 0) is 42.9 Å². The van der Waals surface area contributed by atoms with E-state index in [1.165, 1.54) is 0 Å². The number of halogens is 2. The summed E-state index contributed by atoms with van der Waals surface area (Å²) in [5, 5.41) is 9.49. The molecule has 126 valence electrons. The number of carbonyl (C=O) groups excluding carboxylic acids is 1. The fraction of sp³-hybridized carbons (Fsp3) is 0.438. The molecular weight excluding hydrogens is 318 g/mol. The van der Waals surface area contributed by atoms with E-state index in [0.717, 1.165) is 36.8 Å². The molecule has 0 saturated heterocycles. The van der Waals surface area contributed by atoms with E-state index in [0.29, 0.717) is 11.6 Å². The van der Waals surface area contributed by atoms with Gasteiger partial charge >= 0.3 is 12.5 Å². The van der Waals surface area contributed by atoms with Gasteiger partial charge in [-0.2, -0.15) is 13.8 Å². The first kappa shape index (κ1) is 15.0. The van der Waals surface area contributed by atoms with Crippen molar-refractivity contribution in [2.45, 2.75) is 44.2 Å². The summed E-state index contributed by atoms with van der Waals surface area (Å²) in [6.07, 6.45) is 0.925. The van der Waals surface area contributed by atoms with Crippen LogP contribution in [0.4, 0.5) is 13.6 Å². The van der Waals surface area contributed by atoms with Gasteiger partial charge in [0.2, 0.25) is 5.82 Å². The number of carbonyl (C=O) groups is 1. The third-order valence-electron chi connectivity index (χ3n) is 4.33. The van der Waals surface area contributed by atoms with E-state index in [2.05, 4.69) is 25.3 Å². The maximum Gasteiger partial charge on any atom is 0.315 e. The largest absolute Gasteiger partial charge is 0.335 e. The van der Waals surface area contributed by atoms with Gasteiger partial charge in [0.15, 0.2) is 0 Å². The number of rotatable bonds is 4. The third-order valence-corrected chi connectivity index (χ3v) is 4.33. The summed E-state index contributed by atoms with van der Waals surface area (Å²) < 4.78 is 29.6. The highest BCUT2D eigenvalue weighted by atomic mass is 19.3. The lowest BCUT2D eigenvalue weighted by molar-refractivity contribution is 0.106. The first-order chi connectivity index (χ1) is 11.6. The molecular formula is C16H16F2N4O2. The fourth-order valence-electron chi connectivity index (χ4n) is 2.96. The van der Waals surface area contributed by atoms with Crippen LogP contribution in [0.5, 0.6) is 0 Å². The average molecular weight is 334 g/mol. The van der Waals surface area contributed by atoms with Crippen LogP contribution < -0.4 is 10.6 Å². The predicted molar refractivity (Wildman–Crippen MR) is 80.4 cm³/mol. The third kappa shape index (κ3) is 2.95. The maximum absolute atomic E-state index is 12.5. The second-order valence-corrected chi connectivity index (χ2v) is 6.15. The molecule has 6 nitrogen and oxygen atoms in total. The number of benzene rings is 1. The van der Waals surface area contributed by atoms with Crippen LogP contribution in [0.3, 0.4) is 0 Å². The van der Waals surface area contributed by atoms with Crippen molar-refractivity contribution in [3.8, 4) is 11.4 Å². The summed E-state index contributed by atoms with van der Waals surface area (Å²) in [4.78, 5) is 15.6. The first-order valence-electron chi connectivity index (χ1n) is 7.92. The summed E-state index contributed by atoms with van der Waals surface area (Å²) >= 11 is 0. The van der Waals surface area contributed by atoms with Gasteiger partial charge in [-0.3, -0.25) is 0 Å². The molecule has 24 heavy (non-hydrogen) atoms. The minimum atomic E-state index is -2.78. The van der Waals surface area contributed by atoms with Crippen LogP contribution in [0.1, 0.15) is 48.7 Å². The summed E-state index contributed by atoms with van der Waals surface area (Å²) in [5.74, 6) is -0.530. The molecule has 0 bridgehead atoms. The Balaban J connectivity index is 1.50. The number of nitrogens with zero attached hydrogens (tertiary/aromatic N) is 2. The number of hydrogen-bond acceptors (Lipinski definition) is 4. The zero-order valence-electron chi connectivity index (χ0n) is 12.8. The maximum atomic E-state index is 12.5. The molecule has 1 heterocycles. The number of alkyl halides is 2. The molecule has 1 atom stereocenters. The van der Waals surface area contributed by atoms with Gasteiger partial charge in [0, 0.05) is 11.6 Å². The Hall–Kier alpha value is -2.51. The zero-order chi connectivity index (χ0) is 16.7. The highest BCUT2D eigenvalue weighted by Gasteiger charge is 2.28. The van der Waals surface area contributed by atoms with E-state index >= 15 is 0 Å². The number of urea groups is 1. The van der Waals surface area contributed by atoms with Crippen molar-refractivity contribution in [2.75, 3.05) is 0 Å². The lowest BCUT2D eigenvalue weighted by Gasteiger charge is -2.14. The van der Waals surface area contributed by atoms with E-state index in [9.17, 15) is 13.6 Å². The molecule has 1 aromatic carbocycles. The average Bonchev–Trinajstić information content (AvgIpc) is 3.09. The number of amides is 2. The van der Waals surface area contributed by atoms with Gasteiger partial charge in [0.05, 0.1) is 6.04 Å². The second-order valence-electron chi connectivity index (χ2n) is 6.15. The Morgan fingerprint density at radius 3 is 2.79 bits per heavy atom. The molecule has 2 aliphatic carbocycles. The van der Waals surface area contributed by atoms with E-state index in [-0.39, 0.29) is 17.9 Å². The fourth-order valence-corrected chi connectivity index (χ4v) is 2.96. The van der Waals surface area contributed by atoms with E-state index in [1.807, 2.05) is 12.1 Å². The molecule has 0 unspecified atom stereocenters. The van der Waals surface area contributed by atoms with Crippen molar-refractivity contribution in [2.24, 2.45) is 0 Å². The zero-order valence-corrected chi connectivity index (χ0v) is 12.8. The van der Waals surface area contributed by atoms with Crippen molar-refractivity contribution in [3.63, 3.8) is 0 Å². The Morgan fingerprint density at radius 2 is 2.08 bits per heavy atom. The summed E-state index contributed by atoms with van der Waals surface area (Å²) in [7, 11) is 0. The van der Waals surface area contributed by atoms with E-state index < -0.39 is 12.3 Å². The number of aromatic nitrogens is 2. The summed E-state index contributed by atoms with van der Waals surface area (Å²) in [5.41, 5.74) is 2.74. The lowest BCUT2D eigenvalue weighted by Crippen LogP contribution is -2.38. The minimum Gasteiger partial charge on any atom is -0.335 e. The Labute approximate surface area is 136 Å². The SMILES string of the molecule is O=C(NC1CC1)N[C@@H]1CCc2cc(-c3noc(C(F)F)n3)ccc21. The number of hydrogen-bond donors (Lipinski definition) is 2. The highest BCUT2D eigenvalue weighted by molar-refractivity contribution is 5.75. The molecule has 4 rings (SSSR count). The number of fused-ring (bicyclic) bond motifs is 1. The number of nitrogens with one attached hydrogen (secondary N) is 2. The monoisotopic (exact) mass is 334 g/mol.